The van der Waals surface area contributed by atoms with E-state index in [0.29, 0.717) is 27.9 Å². The smallest absolute Gasteiger partial charge is 0.255 e. The van der Waals surface area contributed by atoms with E-state index in [2.05, 4.69) is 16.4 Å². The molecular formula is C36H32N2O4. The number of amides is 2. The third-order valence-electron chi connectivity index (χ3n) is 7.13. The van der Waals surface area contributed by atoms with E-state index >= 15 is 0 Å². The molecule has 6 heteroatoms. The van der Waals surface area contributed by atoms with Crippen LogP contribution in [0.15, 0.2) is 107 Å². The number of rotatable bonds is 8. The molecule has 5 aromatic rings. The minimum absolute atomic E-state index is 0.183. The molecule has 0 bridgehead atoms. The number of methoxy groups -OCH3 is 1. The van der Waals surface area contributed by atoms with Crippen LogP contribution in [-0.4, -0.2) is 26.0 Å². The summed E-state index contributed by atoms with van der Waals surface area (Å²) in [6.45, 7) is 3.85. The van der Waals surface area contributed by atoms with Gasteiger partial charge in [-0.05, 0) is 84.7 Å². The Balaban J connectivity index is 1.47. The van der Waals surface area contributed by atoms with E-state index in [1.165, 1.54) is 0 Å². The summed E-state index contributed by atoms with van der Waals surface area (Å²) in [5, 5.41) is 6.52. The fourth-order valence-electron chi connectivity index (χ4n) is 4.86. The van der Waals surface area contributed by atoms with Gasteiger partial charge in [-0.1, -0.05) is 54.6 Å². The standard InChI is InChI=1S/C36H32N2O4/c1-5-6-9-24-14-16-25(17-15-24)34-33(36(40)37-3)31-22-28(18-19-32(31)42-34)27-11-7-12-29(20-27)35(39)38-23(2)26-10-8-13-30(21-26)41-4/h5,7-23H,1-4H3,(H,37,40)(H,38,39). The highest BCUT2D eigenvalue weighted by Crippen LogP contribution is 2.36. The maximum absolute atomic E-state index is 13.2. The van der Waals surface area contributed by atoms with Crippen LogP contribution in [0.5, 0.6) is 5.75 Å². The van der Waals surface area contributed by atoms with Crippen LogP contribution in [0.4, 0.5) is 0 Å². The van der Waals surface area contributed by atoms with Crippen LogP contribution in [0.3, 0.4) is 0 Å². The molecule has 4 aromatic carbocycles. The Labute approximate surface area is 245 Å². The number of nitrogens with one attached hydrogen (secondary N) is 2. The topological polar surface area (TPSA) is 80.6 Å². The summed E-state index contributed by atoms with van der Waals surface area (Å²) in [4.78, 5) is 26.3. The average molecular weight is 557 g/mol. The van der Waals surface area contributed by atoms with E-state index in [9.17, 15) is 9.59 Å². The highest BCUT2D eigenvalue weighted by molar-refractivity contribution is 6.12. The molecule has 6 nitrogen and oxygen atoms in total. The van der Waals surface area contributed by atoms with Gasteiger partial charge in [0.05, 0.1) is 18.7 Å². The number of ether oxygens (including phenoxy) is 1. The lowest BCUT2D eigenvalue weighted by Crippen LogP contribution is -2.26. The molecule has 0 aliphatic rings. The van der Waals surface area contributed by atoms with Crippen molar-refractivity contribution in [1.29, 1.82) is 0 Å². The van der Waals surface area contributed by atoms with E-state index in [1.54, 1.807) is 20.2 Å². The highest BCUT2D eigenvalue weighted by atomic mass is 16.5. The van der Waals surface area contributed by atoms with Crippen LogP contribution in [0.2, 0.25) is 0 Å². The minimum atomic E-state index is -0.238. The lowest BCUT2D eigenvalue weighted by molar-refractivity contribution is 0.0937. The van der Waals surface area contributed by atoms with Gasteiger partial charge in [0.2, 0.25) is 0 Å². The van der Waals surface area contributed by atoms with Crippen molar-refractivity contribution in [3.05, 3.63) is 125 Å². The van der Waals surface area contributed by atoms with Gasteiger partial charge in [-0.15, -0.1) is 5.73 Å². The van der Waals surface area contributed by atoms with Gasteiger partial charge in [0.15, 0.2) is 0 Å². The normalized spacial score (nSPS) is 11.3. The van der Waals surface area contributed by atoms with Crippen LogP contribution < -0.4 is 15.4 Å². The van der Waals surface area contributed by atoms with Crippen LogP contribution in [0.1, 0.15) is 51.7 Å². The van der Waals surface area contributed by atoms with Crippen LogP contribution >= 0.6 is 0 Å². The maximum Gasteiger partial charge on any atom is 0.255 e. The number of benzene rings is 4. The molecule has 0 spiro atoms. The van der Waals surface area contributed by atoms with Gasteiger partial charge in [-0.2, -0.15) is 0 Å². The first-order valence-electron chi connectivity index (χ1n) is 13.7. The molecule has 0 radical (unpaired) electrons. The maximum atomic E-state index is 13.2. The second kappa shape index (κ2) is 12.5. The summed E-state index contributed by atoms with van der Waals surface area (Å²) in [6, 6.07) is 28.4. The van der Waals surface area contributed by atoms with Gasteiger partial charge in [-0.3, -0.25) is 9.59 Å². The second-order valence-corrected chi connectivity index (χ2v) is 9.87. The molecule has 5 rings (SSSR count). The van der Waals surface area contributed by atoms with Crippen molar-refractivity contribution in [2.45, 2.75) is 19.9 Å². The van der Waals surface area contributed by atoms with Crippen molar-refractivity contribution >= 4 is 28.9 Å². The monoisotopic (exact) mass is 556 g/mol. The van der Waals surface area contributed by atoms with E-state index < -0.39 is 0 Å². The molecule has 1 aromatic heterocycles. The fraction of sp³-hybridized carbons (Fsp3) is 0.139. The Hall–Kier alpha value is -5.32. The summed E-state index contributed by atoms with van der Waals surface area (Å²) in [6.07, 6.45) is 3.74. The number of allylic oxidation sites excluding steroid dienone is 1. The molecule has 0 saturated carbocycles. The van der Waals surface area contributed by atoms with Gasteiger partial charge in [0.1, 0.15) is 17.1 Å². The Morgan fingerprint density at radius 3 is 2.36 bits per heavy atom. The summed E-state index contributed by atoms with van der Waals surface area (Å²) < 4.78 is 11.5. The first-order chi connectivity index (χ1) is 20.4. The summed E-state index contributed by atoms with van der Waals surface area (Å²) in [7, 11) is 3.23. The van der Waals surface area contributed by atoms with Crippen molar-refractivity contribution in [2.24, 2.45) is 0 Å². The van der Waals surface area contributed by atoms with Crippen molar-refractivity contribution in [2.75, 3.05) is 14.2 Å². The summed E-state index contributed by atoms with van der Waals surface area (Å²) in [5.74, 6) is 0.821. The lowest BCUT2D eigenvalue weighted by Gasteiger charge is -2.15. The molecule has 0 fully saturated rings. The van der Waals surface area contributed by atoms with Crippen molar-refractivity contribution in [3.8, 4) is 28.2 Å². The molecule has 42 heavy (non-hydrogen) atoms. The van der Waals surface area contributed by atoms with Crippen molar-refractivity contribution in [3.63, 3.8) is 0 Å². The Morgan fingerprint density at radius 1 is 0.881 bits per heavy atom. The number of fused-ring (bicyclic) bond motifs is 1. The molecule has 1 heterocycles. The van der Waals surface area contributed by atoms with Gasteiger partial charge >= 0.3 is 0 Å². The zero-order valence-electron chi connectivity index (χ0n) is 24.0. The summed E-state index contributed by atoms with van der Waals surface area (Å²) in [5.41, 5.74) is 9.14. The first-order valence-corrected chi connectivity index (χ1v) is 13.7. The van der Waals surface area contributed by atoms with Gasteiger partial charge in [-0.25, -0.2) is 0 Å². The highest BCUT2D eigenvalue weighted by Gasteiger charge is 2.22. The molecule has 2 N–H and O–H groups in total. The molecule has 210 valence electrons. The number of furan rings is 1. The van der Waals surface area contributed by atoms with E-state index in [0.717, 1.165) is 33.6 Å². The van der Waals surface area contributed by atoms with Crippen LogP contribution in [0.25, 0.3) is 39.5 Å². The first kappa shape index (κ1) is 28.2. The fourth-order valence-corrected chi connectivity index (χ4v) is 4.86. The Bertz CT molecular complexity index is 1830. The van der Waals surface area contributed by atoms with Gasteiger partial charge < -0.3 is 19.8 Å². The zero-order chi connectivity index (χ0) is 29.6. The van der Waals surface area contributed by atoms with Crippen molar-refractivity contribution in [1.82, 2.24) is 10.6 Å². The Morgan fingerprint density at radius 2 is 1.62 bits per heavy atom. The summed E-state index contributed by atoms with van der Waals surface area (Å²) >= 11 is 0. The van der Waals surface area contributed by atoms with E-state index in [1.807, 2.05) is 111 Å². The average Bonchev–Trinajstić information content (AvgIpc) is 3.42. The number of hydrogen-bond donors (Lipinski definition) is 2. The molecule has 1 unspecified atom stereocenters. The molecular weight excluding hydrogens is 524 g/mol. The van der Waals surface area contributed by atoms with Gasteiger partial charge in [0.25, 0.3) is 11.8 Å². The lowest BCUT2D eigenvalue weighted by atomic mass is 9.98. The SMILES string of the molecule is CC=C=Cc1ccc(-c2oc3ccc(-c4cccc(C(=O)NC(C)c5cccc(OC)c5)c4)cc3c2C(=O)NC)cc1. The molecule has 1 atom stereocenters. The van der Waals surface area contributed by atoms with Crippen LogP contribution in [-0.2, 0) is 0 Å². The molecule has 0 saturated heterocycles. The molecule has 0 aliphatic carbocycles. The van der Waals surface area contributed by atoms with Gasteiger partial charge in [0, 0.05) is 23.6 Å². The predicted molar refractivity (Wildman–Crippen MR) is 168 cm³/mol. The molecule has 0 aliphatic heterocycles. The number of hydrogen-bond acceptors (Lipinski definition) is 4. The van der Waals surface area contributed by atoms with Crippen molar-refractivity contribution < 1.29 is 18.7 Å². The predicted octanol–water partition coefficient (Wildman–Crippen LogP) is 7.81. The number of carbonyl (C=O) groups excluding carboxylic acids is 2. The zero-order valence-corrected chi connectivity index (χ0v) is 24.0. The largest absolute Gasteiger partial charge is 0.497 e. The van der Waals surface area contributed by atoms with E-state index in [-0.39, 0.29) is 17.9 Å². The third-order valence-corrected chi connectivity index (χ3v) is 7.13. The van der Waals surface area contributed by atoms with E-state index in [4.69, 9.17) is 9.15 Å². The molecule has 2 amide bonds. The second-order valence-electron chi connectivity index (χ2n) is 9.87. The third kappa shape index (κ3) is 5.90. The number of carbonyl (C=O) groups is 2. The van der Waals surface area contributed by atoms with Crippen LogP contribution in [0, 0.1) is 0 Å². The minimum Gasteiger partial charge on any atom is -0.497 e. The quantitative estimate of drug-likeness (QED) is 0.191. The Kier molecular flexibility index (Phi) is 8.37.